The fraction of sp³-hybridized carbons (Fsp3) is 0.200. The van der Waals surface area contributed by atoms with Crippen LogP contribution in [-0.4, -0.2) is 37.6 Å². The Morgan fingerprint density at radius 3 is 2.55 bits per heavy atom. The van der Waals surface area contributed by atoms with Crippen LogP contribution in [0.1, 0.15) is 22.9 Å². The van der Waals surface area contributed by atoms with E-state index in [1.807, 2.05) is 48.7 Å². The molecule has 1 aromatic heterocycles. The number of halogens is 1. The van der Waals surface area contributed by atoms with Gasteiger partial charge in [0, 0.05) is 28.0 Å². The van der Waals surface area contributed by atoms with Gasteiger partial charge in [0.05, 0.1) is 23.1 Å². The monoisotopic (exact) mass is 498 g/mol. The van der Waals surface area contributed by atoms with E-state index in [4.69, 9.17) is 16.3 Å². The smallest absolute Gasteiger partial charge is 0.244 e. The molecule has 0 unspecified atom stereocenters. The van der Waals surface area contributed by atoms with E-state index in [-0.39, 0.29) is 9.92 Å². The van der Waals surface area contributed by atoms with Crippen LogP contribution in [0.15, 0.2) is 76.5 Å². The summed E-state index contributed by atoms with van der Waals surface area (Å²) in [5.74, 6) is 0.441. The molecule has 0 saturated heterocycles. The number of thioether (sulfide) groups is 1. The number of methoxy groups -OCH3 is 1. The molecule has 3 aromatic carbocycles. The van der Waals surface area contributed by atoms with E-state index in [1.165, 1.54) is 18.7 Å². The molecule has 0 fully saturated rings. The molecule has 0 aliphatic carbocycles. The minimum Gasteiger partial charge on any atom is -0.495 e. The first kappa shape index (κ1) is 22.3. The lowest BCUT2D eigenvalue weighted by atomic mass is 9.94. The van der Waals surface area contributed by atoms with Crippen LogP contribution in [0.5, 0.6) is 5.75 Å². The highest BCUT2D eigenvalue weighted by Gasteiger charge is 2.39. The van der Waals surface area contributed by atoms with Crippen molar-refractivity contribution in [2.75, 3.05) is 19.9 Å². The molecule has 2 heterocycles. The van der Waals surface area contributed by atoms with Gasteiger partial charge in [-0.2, -0.15) is 4.31 Å². The van der Waals surface area contributed by atoms with Gasteiger partial charge in [-0.1, -0.05) is 41.9 Å². The largest absolute Gasteiger partial charge is 0.495 e. The minimum atomic E-state index is -3.83. The molecule has 0 spiro atoms. The van der Waals surface area contributed by atoms with E-state index in [1.54, 1.807) is 28.2 Å². The molecule has 0 amide bonds. The van der Waals surface area contributed by atoms with Crippen molar-refractivity contribution in [2.24, 2.45) is 0 Å². The zero-order chi connectivity index (χ0) is 23.2. The van der Waals surface area contributed by atoms with Gasteiger partial charge >= 0.3 is 0 Å². The Morgan fingerprint density at radius 2 is 1.85 bits per heavy atom. The fourth-order valence-electron chi connectivity index (χ4n) is 4.54. The van der Waals surface area contributed by atoms with E-state index in [9.17, 15) is 8.42 Å². The van der Waals surface area contributed by atoms with Crippen LogP contribution in [0.25, 0.3) is 10.9 Å². The van der Waals surface area contributed by atoms with Crippen molar-refractivity contribution in [1.82, 2.24) is 9.29 Å². The van der Waals surface area contributed by atoms with Crippen molar-refractivity contribution >= 4 is 44.3 Å². The zero-order valence-electron chi connectivity index (χ0n) is 18.2. The minimum absolute atomic E-state index is 0.151. The predicted octanol–water partition coefficient (Wildman–Crippen LogP) is 5.89. The number of sulfonamides is 1. The number of hydrogen-bond donors (Lipinski definition) is 1. The van der Waals surface area contributed by atoms with Crippen LogP contribution in [0.4, 0.5) is 0 Å². The zero-order valence-corrected chi connectivity index (χ0v) is 20.6. The molecular formula is C25H23ClN2O3S2. The Bertz CT molecular complexity index is 1430. The Hall–Kier alpha value is -2.45. The molecule has 8 heteroatoms. The van der Waals surface area contributed by atoms with Crippen LogP contribution < -0.4 is 4.74 Å². The lowest BCUT2D eigenvalue weighted by Gasteiger charge is -2.35. The first-order valence-electron chi connectivity index (χ1n) is 10.5. The number of aromatic amines is 1. The summed E-state index contributed by atoms with van der Waals surface area (Å²) in [5.41, 5.74) is 4.02. The standard InChI is InChI=1S/C25H23ClN2O3S2/c1-31-23-12-11-18(15-21(23)26)33(29,30)28-14-13-20-19-5-3-4-6-22(19)27-24(20)25(28)16-7-9-17(32-2)10-8-16/h3-12,15,25,27H,13-14H2,1-2H3/t25-/m1/s1. The third kappa shape index (κ3) is 3.83. The van der Waals surface area contributed by atoms with Crippen LogP contribution in [0.3, 0.4) is 0 Å². The summed E-state index contributed by atoms with van der Waals surface area (Å²) in [4.78, 5) is 4.80. The van der Waals surface area contributed by atoms with Crippen LogP contribution in [0.2, 0.25) is 5.02 Å². The third-order valence-electron chi connectivity index (χ3n) is 6.15. The van der Waals surface area contributed by atoms with Crippen LogP contribution >= 0.6 is 23.4 Å². The van der Waals surface area contributed by atoms with Crippen LogP contribution in [0, 0.1) is 0 Å². The molecule has 1 aliphatic rings. The number of nitrogens with zero attached hydrogens (tertiary/aromatic N) is 1. The molecule has 0 bridgehead atoms. The fourth-order valence-corrected chi connectivity index (χ4v) is 6.88. The summed E-state index contributed by atoms with van der Waals surface area (Å²) in [7, 11) is -2.33. The number of benzene rings is 3. The SMILES string of the molecule is COc1ccc(S(=O)(=O)N2CCc3c([nH]c4ccccc34)[C@H]2c2ccc(SC)cc2)cc1Cl. The molecule has 5 rings (SSSR count). The highest BCUT2D eigenvalue weighted by atomic mass is 35.5. The van der Waals surface area contributed by atoms with Gasteiger partial charge in [-0.15, -0.1) is 11.8 Å². The van der Waals surface area contributed by atoms with Crippen molar-refractivity contribution in [3.05, 3.63) is 88.6 Å². The molecule has 5 nitrogen and oxygen atoms in total. The Labute approximate surface area is 202 Å². The number of hydrogen-bond acceptors (Lipinski definition) is 4. The summed E-state index contributed by atoms with van der Waals surface area (Å²) < 4.78 is 34.5. The predicted molar refractivity (Wildman–Crippen MR) is 134 cm³/mol. The summed E-state index contributed by atoms with van der Waals surface area (Å²) >= 11 is 7.93. The van der Waals surface area contributed by atoms with Gasteiger partial charge in [-0.25, -0.2) is 8.42 Å². The van der Waals surface area contributed by atoms with Gasteiger partial charge in [-0.3, -0.25) is 0 Å². The topological polar surface area (TPSA) is 62.4 Å². The Kier molecular flexibility index (Phi) is 5.91. The van der Waals surface area contributed by atoms with Gasteiger partial charge in [0.25, 0.3) is 0 Å². The molecule has 170 valence electrons. The molecule has 1 N–H and O–H groups in total. The van der Waals surface area contributed by atoms with Crippen LogP contribution in [-0.2, 0) is 16.4 Å². The highest BCUT2D eigenvalue weighted by molar-refractivity contribution is 7.98. The first-order chi connectivity index (χ1) is 15.9. The first-order valence-corrected chi connectivity index (χ1v) is 13.6. The maximum Gasteiger partial charge on any atom is 0.244 e. The van der Waals surface area contributed by atoms with Crippen molar-refractivity contribution in [3.8, 4) is 5.75 Å². The lowest BCUT2D eigenvalue weighted by Crippen LogP contribution is -2.40. The van der Waals surface area contributed by atoms with Gasteiger partial charge in [-0.05, 0) is 60.2 Å². The van der Waals surface area contributed by atoms with Crippen molar-refractivity contribution in [2.45, 2.75) is 22.3 Å². The maximum atomic E-state index is 13.9. The molecule has 1 atom stereocenters. The van der Waals surface area contributed by atoms with Gasteiger partial charge in [0.1, 0.15) is 5.75 Å². The average Bonchev–Trinajstić information content (AvgIpc) is 3.22. The van der Waals surface area contributed by atoms with Gasteiger partial charge in [0.15, 0.2) is 0 Å². The second-order valence-electron chi connectivity index (χ2n) is 7.90. The highest BCUT2D eigenvalue weighted by Crippen LogP contribution is 2.42. The Balaban J connectivity index is 1.67. The number of fused-ring (bicyclic) bond motifs is 3. The third-order valence-corrected chi connectivity index (χ3v) is 9.05. The van der Waals surface area contributed by atoms with Crippen molar-refractivity contribution in [1.29, 1.82) is 0 Å². The van der Waals surface area contributed by atoms with Crippen molar-refractivity contribution in [3.63, 3.8) is 0 Å². The summed E-state index contributed by atoms with van der Waals surface area (Å²) in [6, 6.07) is 20.4. The number of H-pyrrole nitrogens is 1. The van der Waals surface area contributed by atoms with E-state index in [0.29, 0.717) is 18.7 Å². The second-order valence-corrected chi connectivity index (χ2v) is 11.1. The Morgan fingerprint density at radius 1 is 1.09 bits per heavy atom. The van der Waals surface area contributed by atoms with Gasteiger partial charge < -0.3 is 9.72 Å². The molecule has 0 saturated carbocycles. The quantitative estimate of drug-likeness (QED) is 0.348. The number of ether oxygens (including phenoxy) is 1. The summed E-state index contributed by atoms with van der Waals surface area (Å²) in [6.07, 6.45) is 2.65. The summed E-state index contributed by atoms with van der Waals surface area (Å²) in [5, 5.41) is 1.41. The molecule has 4 aromatic rings. The second kappa shape index (κ2) is 8.72. The number of nitrogens with one attached hydrogen (secondary N) is 1. The molecule has 1 aliphatic heterocycles. The van der Waals surface area contributed by atoms with Gasteiger partial charge in [0.2, 0.25) is 10.0 Å². The van der Waals surface area contributed by atoms with E-state index >= 15 is 0 Å². The normalized spacial score (nSPS) is 16.6. The van der Waals surface area contributed by atoms with E-state index in [0.717, 1.165) is 27.1 Å². The molecule has 33 heavy (non-hydrogen) atoms. The number of rotatable bonds is 5. The molecule has 0 radical (unpaired) electrons. The average molecular weight is 499 g/mol. The van der Waals surface area contributed by atoms with E-state index in [2.05, 4.69) is 11.1 Å². The number of aromatic nitrogens is 1. The van der Waals surface area contributed by atoms with E-state index < -0.39 is 16.1 Å². The maximum absolute atomic E-state index is 13.9. The number of para-hydroxylation sites is 1. The molecular weight excluding hydrogens is 476 g/mol. The van der Waals surface area contributed by atoms with Crippen molar-refractivity contribution < 1.29 is 13.2 Å². The lowest BCUT2D eigenvalue weighted by molar-refractivity contribution is 0.340. The summed E-state index contributed by atoms with van der Waals surface area (Å²) in [6.45, 7) is 0.371.